The number of methoxy groups -OCH3 is 2. The molecule has 1 heterocycles. The van der Waals surface area contributed by atoms with Crippen molar-refractivity contribution in [2.45, 2.75) is 24.9 Å². The average molecular weight is 187 g/mol. The van der Waals surface area contributed by atoms with Crippen molar-refractivity contribution in [2.75, 3.05) is 27.4 Å². The minimum absolute atomic E-state index is 0.239. The number of carbonyl (C=O) groups excluding carboxylic acids is 1. The zero-order valence-electron chi connectivity index (χ0n) is 8.23. The lowest BCUT2D eigenvalue weighted by Crippen LogP contribution is -2.39. The molecule has 0 aromatic carbocycles. The Morgan fingerprint density at radius 1 is 1.23 bits per heavy atom. The normalized spacial score (nSPS) is 28.0. The Balaban J connectivity index is 2.47. The van der Waals surface area contributed by atoms with Gasteiger partial charge < -0.3 is 14.4 Å². The number of hydrogen-bond acceptors (Lipinski definition) is 3. The molecule has 0 N–H and O–H groups in total. The van der Waals surface area contributed by atoms with Crippen molar-refractivity contribution in [1.82, 2.24) is 4.90 Å². The van der Waals surface area contributed by atoms with E-state index in [0.29, 0.717) is 13.2 Å². The topological polar surface area (TPSA) is 38.8 Å². The number of nitrogens with zero attached hydrogens (tertiary/aromatic N) is 1. The van der Waals surface area contributed by atoms with Gasteiger partial charge in [-0.25, -0.2) is 0 Å². The van der Waals surface area contributed by atoms with Crippen molar-refractivity contribution in [3.63, 3.8) is 0 Å². The fraction of sp³-hybridized carbons (Fsp3) is 0.889. The van der Waals surface area contributed by atoms with Crippen molar-refractivity contribution < 1.29 is 14.3 Å². The van der Waals surface area contributed by atoms with Gasteiger partial charge in [0.1, 0.15) is 0 Å². The third-order valence-electron chi connectivity index (χ3n) is 2.52. The smallest absolute Gasteiger partial charge is 0.210 e. The highest BCUT2D eigenvalue weighted by atomic mass is 16.5. The summed E-state index contributed by atoms with van der Waals surface area (Å²) in [7, 11) is 3.32. The summed E-state index contributed by atoms with van der Waals surface area (Å²) in [4.78, 5) is 12.6. The summed E-state index contributed by atoms with van der Waals surface area (Å²) in [5, 5.41) is 0. The lowest BCUT2D eigenvalue weighted by molar-refractivity contribution is -0.122. The molecule has 13 heavy (non-hydrogen) atoms. The van der Waals surface area contributed by atoms with Gasteiger partial charge in [-0.1, -0.05) is 0 Å². The van der Waals surface area contributed by atoms with E-state index in [-0.39, 0.29) is 12.1 Å². The van der Waals surface area contributed by atoms with Crippen molar-refractivity contribution in [3.8, 4) is 0 Å². The molecule has 2 atom stereocenters. The number of carbonyl (C=O) groups is 1. The van der Waals surface area contributed by atoms with Crippen LogP contribution in [0.25, 0.3) is 0 Å². The van der Waals surface area contributed by atoms with Gasteiger partial charge in [-0.05, 0) is 12.8 Å². The number of ether oxygens (including phenoxy) is 2. The number of likely N-dealkylation sites (tertiary alicyclic amines) is 1. The molecule has 0 saturated carbocycles. The molecule has 0 bridgehead atoms. The second-order valence-corrected chi connectivity index (χ2v) is 3.35. The Hall–Kier alpha value is -0.610. The molecule has 1 aliphatic rings. The Morgan fingerprint density at radius 3 is 2.00 bits per heavy atom. The van der Waals surface area contributed by atoms with Crippen LogP contribution in [0.15, 0.2) is 0 Å². The van der Waals surface area contributed by atoms with E-state index in [4.69, 9.17) is 9.47 Å². The van der Waals surface area contributed by atoms with Crippen LogP contribution in [0.5, 0.6) is 0 Å². The summed E-state index contributed by atoms with van der Waals surface area (Å²) in [5.41, 5.74) is 0. The van der Waals surface area contributed by atoms with Crippen LogP contribution in [0, 0.1) is 0 Å². The van der Waals surface area contributed by atoms with Crippen LogP contribution in [-0.2, 0) is 14.3 Å². The molecule has 1 amide bonds. The summed E-state index contributed by atoms with van der Waals surface area (Å²) in [6.45, 7) is 1.25. The molecule has 4 nitrogen and oxygen atoms in total. The minimum atomic E-state index is 0.239. The quantitative estimate of drug-likeness (QED) is 0.580. The van der Waals surface area contributed by atoms with Gasteiger partial charge in [0.25, 0.3) is 0 Å². The van der Waals surface area contributed by atoms with Gasteiger partial charge in [0.15, 0.2) is 0 Å². The molecule has 76 valence electrons. The Bertz CT molecular complexity index is 149. The van der Waals surface area contributed by atoms with E-state index in [1.807, 2.05) is 4.90 Å². The Labute approximate surface area is 78.8 Å². The Morgan fingerprint density at radius 2 is 1.69 bits per heavy atom. The average Bonchev–Trinajstić information content (AvgIpc) is 2.49. The van der Waals surface area contributed by atoms with E-state index in [0.717, 1.165) is 19.3 Å². The predicted molar refractivity (Wildman–Crippen MR) is 48.5 cm³/mol. The van der Waals surface area contributed by atoms with Crippen LogP contribution < -0.4 is 0 Å². The molecule has 1 rings (SSSR count). The number of rotatable bonds is 5. The predicted octanol–water partition coefficient (Wildman–Crippen LogP) is 0.269. The highest BCUT2D eigenvalue weighted by molar-refractivity contribution is 5.49. The van der Waals surface area contributed by atoms with E-state index in [1.165, 1.54) is 0 Å². The SMILES string of the molecule is COCC1CCC(COC)N1C=O. The molecule has 0 aromatic heterocycles. The fourth-order valence-electron chi connectivity index (χ4n) is 1.88. The minimum Gasteiger partial charge on any atom is -0.383 e. The van der Waals surface area contributed by atoms with Crippen LogP contribution in [0.2, 0.25) is 0 Å². The summed E-state index contributed by atoms with van der Waals surface area (Å²) in [6.07, 6.45) is 2.93. The molecule has 2 unspecified atom stereocenters. The first-order valence-electron chi connectivity index (χ1n) is 4.54. The molecule has 1 aliphatic heterocycles. The molecule has 0 radical (unpaired) electrons. The van der Waals surface area contributed by atoms with Crippen molar-refractivity contribution in [2.24, 2.45) is 0 Å². The first kappa shape index (κ1) is 10.5. The summed E-state index contributed by atoms with van der Waals surface area (Å²) < 4.78 is 10.1. The maximum absolute atomic E-state index is 10.8. The molecular weight excluding hydrogens is 170 g/mol. The molecular formula is C9H17NO3. The number of amides is 1. The number of hydrogen-bond donors (Lipinski definition) is 0. The van der Waals surface area contributed by atoms with Gasteiger partial charge in [0.2, 0.25) is 6.41 Å². The molecule has 0 aromatic rings. The van der Waals surface area contributed by atoms with Gasteiger partial charge in [0.05, 0.1) is 25.3 Å². The van der Waals surface area contributed by atoms with E-state index in [1.54, 1.807) is 14.2 Å². The summed E-state index contributed by atoms with van der Waals surface area (Å²) in [5.74, 6) is 0. The van der Waals surface area contributed by atoms with Gasteiger partial charge in [0, 0.05) is 14.2 Å². The van der Waals surface area contributed by atoms with Gasteiger partial charge in [-0.3, -0.25) is 4.79 Å². The van der Waals surface area contributed by atoms with E-state index in [9.17, 15) is 4.79 Å². The van der Waals surface area contributed by atoms with Crippen molar-refractivity contribution >= 4 is 6.41 Å². The molecule has 0 spiro atoms. The maximum Gasteiger partial charge on any atom is 0.210 e. The van der Waals surface area contributed by atoms with Crippen molar-refractivity contribution in [1.29, 1.82) is 0 Å². The standard InChI is InChI=1S/C9H17NO3/c1-12-5-8-3-4-9(6-13-2)10(8)7-11/h7-9H,3-6H2,1-2H3. The second kappa shape index (κ2) is 5.19. The molecule has 1 saturated heterocycles. The maximum atomic E-state index is 10.8. The Kier molecular flexibility index (Phi) is 4.18. The summed E-state index contributed by atoms with van der Waals surface area (Å²) in [6, 6.07) is 0.477. The first-order valence-corrected chi connectivity index (χ1v) is 4.54. The van der Waals surface area contributed by atoms with Gasteiger partial charge >= 0.3 is 0 Å². The van der Waals surface area contributed by atoms with Crippen LogP contribution >= 0.6 is 0 Å². The lowest BCUT2D eigenvalue weighted by Gasteiger charge is -2.25. The molecule has 1 fully saturated rings. The van der Waals surface area contributed by atoms with E-state index < -0.39 is 0 Å². The van der Waals surface area contributed by atoms with Gasteiger partial charge in [-0.2, -0.15) is 0 Å². The summed E-state index contributed by atoms with van der Waals surface area (Å²) >= 11 is 0. The van der Waals surface area contributed by atoms with Crippen molar-refractivity contribution in [3.05, 3.63) is 0 Å². The van der Waals surface area contributed by atoms with E-state index >= 15 is 0 Å². The second-order valence-electron chi connectivity index (χ2n) is 3.35. The zero-order chi connectivity index (χ0) is 9.68. The van der Waals surface area contributed by atoms with Gasteiger partial charge in [-0.15, -0.1) is 0 Å². The van der Waals surface area contributed by atoms with E-state index in [2.05, 4.69) is 0 Å². The zero-order valence-corrected chi connectivity index (χ0v) is 8.23. The first-order chi connectivity index (χ1) is 6.33. The fourth-order valence-corrected chi connectivity index (χ4v) is 1.88. The molecule has 0 aliphatic carbocycles. The third kappa shape index (κ3) is 2.42. The highest BCUT2D eigenvalue weighted by Crippen LogP contribution is 2.22. The lowest BCUT2D eigenvalue weighted by atomic mass is 10.2. The monoisotopic (exact) mass is 187 g/mol. The van der Waals surface area contributed by atoms with Crippen LogP contribution in [0.1, 0.15) is 12.8 Å². The van der Waals surface area contributed by atoms with Crippen LogP contribution in [0.3, 0.4) is 0 Å². The largest absolute Gasteiger partial charge is 0.383 e. The van der Waals surface area contributed by atoms with Crippen LogP contribution in [0.4, 0.5) is 0 Å². The third-order valence-corrected chi connectivity index (χ3v) is 2.52. The highest BCUT2D eigenvalue weighted by Gasteiger charge is 2.31. The van der Waals surface area contributed by atoms with Crippen LogP contribution in [-0.4, -0.2) is 50.8 Å². The molecule has 4 heteroatoms.